The van der Waals surface area contributed by atoms with E-state index in [0.29, 0.717) is 22.6 Å². The van der Waals surface area contributed by atoms with Crippen LogP contribution in [-0.4, -0.2) is 24.6 Å². The van der Waals surface area contributed by atoms with E-state index < -0.39 is 0 Å². The normalized spacial score (nSPS) is 12.7. The standard InChI is InChI=1S/C19H20N2O4/c1-11-6-12(2)21-19(23)16(11)9-20-18(22)14-7-13-4-5-15(24-3)8-17(13)25-10-14/h4-8H,9-10H2,1-3H3,(H,20,22)(H,21,23). The molecule has 6 heteroatoms. The lowest BCUT2D eigenvalue weighted by atomic mass is 10.1. The first-order valence-electron chi connectivity index (χ1n) is 7.97. The molecule has 0 unspecified atom stereocenters. The van der Waals surface area contributed by atoms with Crippen LogP contribution in [0.4, 0.5) is 0 Å². The maximum absolute atomic E-state index is 12.4. The number of pyridine rings is 1. The summed E-state index contributed by atoms with van der Waals surface area (Å²) in [4.78, 5) is 27.2. The number of ether oxygens (including phenoxy) is 2. The topological polar surface area (TPSA) is 80.4 Å². The van der Waals surface area contributed by atoms with Crippen LogP contribution in [0.5, 0.6) is 11.5 Å². The molecule has 130 valence electrons. The van der Waals surface area contributed by atoms with Crippen molar-refractivity contribution in [2.45, 2.75) is 20.4 Å². The highest BCUT2D eigenvalue weighted by Gasteiger charge is 2.18. The van der Waals surface area contributed by atoms with Gasteiger partial charge in [0.1, 0.15) is 18.1 Å². The largest absolute Gasteiger partial charge is 0.497 e. The Kier molecular flexibility index (Phi) is 4.61. The van der Waals surface area contributed by atoms with Crippen molar-refractivity contribution >= 4 is 12.0 Å². The van der Waals surface area contributed by atoms with Crippen LogP contribution in [0.25, 0.3) is 6.08 Å². The Morgan fingerprint density at radius 1 is 1.32 bits per heavy atom. The minimum atomic E-state index is -0.249. The Bertz CT molecular complexity index is 912. The Balaban J connectivity index is 1.74. The lowest BCUT2D eigenvalue weighted by Crippen LogP contribution is -2.31. The number of rotatable bonds is 4. The smallest absolute Gasteiger partial charge is 0.253 e. The zero-order valence-corrected chi connectivity index (χ0v) is 14.4. The summed E-state index contributed by atoms with van der Waals surface area (Å²) >= 11 is 0. The van der Waals surface area contributed by atoms with Crippen molar-refractivity contribution in [2.75, 3.05) is 13.7 Å². The average molecular weight is 340 g/mol. The van der Waals surface area contributed by atoms with Gasteiger partial charge in [-0.3, -0.25) is 9.59 Å². The lowest BCUT2D eigenvalue weighted by Gasteiger charge is -2.18. The van der Waals surface area contributed by atoms with Crippen molar-refractivity contribution in [2.24, 2.45) is 0 Å². The molecule has 0 atom stereocenters. The molecule has 0 fully saturated rings. The molecular formula is C19H20N2O4. The highest BCUT2D eigenvalue weighted by molar-refractivity contribution is 5.99. The molecule has 1 aliphatic rings. The van der Waals surface area contributed by atoms with Crippen LogP contribution < -0.4 is 20.3 Å². The van der Waals surface area contributed by atoms with Crippen LogP contribution in [0.1, 0.15) is 22.4 Å². The number of methoxy groups -OCH3 is 1. The summed E-state index contributed by atoms with van der Waals surface area (Å²) < 4.78 is 10.8. The van der Waals surface area contributed by atoms with E-state index in [4.69, 9.17) is 9.47 Å². The molecule has 6 nitrogen and oxygen atoms in total. The molecular weight excluding hydrogens is 320 g/mol. The van der Waals surface area contributed by atoms with Crippen LogP contribution >= 0.6 is 0 Å². The van der Waals surface area contributed by atoms with E-state index in [9.17, 15) is 9.59 Å². The van der Waals surface area contributed by atoms with Gasteiger partial charge in [-0.1, -0.05) is 0 Å². The molecule has 2 N–H and O–H groups in total. The van der Waals surface area contributed by atoms with Gasteiger partial charge in [0, 0.05) is 29.4 Å². The fourth-order valence-corrected chi connectivity index (χ4v) is 2.79. The number of benzene rings is 1. The molecule has 1 amide bonds. The van der Waals surface area contributed by atoms with E-state index in [2.05, 4.69) is 10.3 Å². The number of fused-ring (bicyclic) bond motifs is 1. The van der Waals surface area contributed by atoms with Crippen molar-refractivity contribution in [3.63, 3.8) is 0 Å². The summed E-state index contributed by atoms with van der Waals surface area (Å²) in [5.74, 6) is 1.14. The van der Waals surface area contributed by atoms with Gasteiger partial charge < -0.3 is 19.8 Å². The first-order chi connectivity index (χ1) is 12.0. The van der Waals surface area contributed by atoms with Crippen molar-refractivity contribution in [3.8, 4) is 11.5 Å². The zero-order chi connectivity index (χ0) is 18.0. The zero-order valence-electron chi connectivity index (χ0n) is 14.4. The molecule has 0 saturated carbocycles. The number of aryl methyl sites for hydroxylation is 2. The van der Waals surface area contributed by atoms with E-state index in [1.165, 1.54) is 0 Å². The third-order valence-corrected chi connectivity index (χ3v) is 4.14. The molecule has 1 aromatic heterocycles. The summed E-state index contributed by atoms with van der Waals surface area (Å²) in [5, 5.41) is 2.79. The highest BCUT2D eigenvalue weighted by atomic mass is 16.5. The van der Waals surface area contributed by atoms with Crippen molar-refractivity contribution < 1.29 is 14.3 Å². The van der Waals surface area contributed by atoms with Gasteiger partial charge in [-0.05, 0) is 43.7 Å². The third kappa shape index (κ3) is 3.57. The van der Waals surface area contributed by atoms with Gasteiger partial charge in [0.05, 0.1) is 12.7 Å². The molecule has 0 bridgehead atoms. The summed E-state index contributed by atoms with van der Waals surface area (Å²) in [7, 11) is 1.59. The fourth-order valence-electron chi connectivity index (χ4n) is 2.79. The Morgan fingerprint density at radius 2 is 2.12 bits per heavy atom. The van der Waals surface area contributed by atoms with E-state index in [0.717, 1.165) is 16.8 Å². The summed E-state index contributed by atoms with van der Waals surface area (Å²) in [5.41, 5.74) is 3.37. The van der Waals surface area contributed by atoms with Gasteiger partial charge >= 0.3 is 0 Å². The van der Waals surface area contributed by atoms with Crippen molar-refractivity contribution in [3.05, 3.63) is 62.6 Å². The molecule has 3 rings (SSSR count). The highest BCUT2D eigenvalue weighted by Crippen LogP contribution is 2.30. The number of hydrogen-bond acceptors (Lipinski definition) is 4. The number of aromatic amines is 1. The Hall–Kier alpha value is -3.02. The molecule has 1 aromatic carbocycles. The summed E-state index contributed by atoms with van der Waals surface area (Å²) in [6, 6.07) is 7.33. The molecule has 0 aliphatic carbocycles. The fraction of sp³-hybridized carbons (Fsp3) is 0.263. The second kappa shape index (κ2) is 6.84. The SMILES string of the molecule is COc1ccc2c(c1)OCC(C(=O)NCc1c(C)cc(C)[nH]c1=O)=C2. The molecule has 0 spiro atoms. The number of carbonyl (C=O) groups is 1. The van der Waals surface area contributed by atoms with Crippen LogP contribution in [-0.2, 0) is 11.3 Å². The monoisotopic (exact) mass is 340 g/mol. The van der Waals surface area contributed by atoms with Gasteiger partial charge in [-0.15, -0.1) is 0 Å². The van der Waals surface area contributed by atoms with Gasteiger partial charge in [0.2, 0.25) is 0 Å². The average Bonchev–Trinajstić information content (AvgIpc) is 2.59. The first-order valence-corrected chi connectivity index (χ1v) is 7.97. The first kappa shape index (κ1) is 16.8. The summed E-state index contributed by atoms with van der Waals surface area (Å²) in [6.07, 6.45) is 1.79. The number of H-pyrrole nitrogens is 1. The molecule has 2 heterocycles. The van der Waals surface area contributed by atoms with Crippen LogP contribution in [0.3, 0.4) is 0 Å². The van der Waals surface area contributed by atoms with Crippen molar-refractivity contribution in [1.82, 2.24) is 10.3 Å². The molecule has 25 heavy (non-hydrogen) atoms. The minimum absolute atomic E-state index is 0.174. The molecule has 2 aromatic rings. The Labute approximate surface area is 145 Å². The van der Waals surface area contributed by atoms with Gasteiger partial charge in [0.25, 0.3) is 11.5 Å². The second-order valence-electron chi connectivity index (χ2n) is 5.99. The van der Waals surface area contributed by atoms with E-state index in [1.54, 1.807) is 19.3 Å². The quantitative estimate of drug-likeness (QED) is 0.893. The predicted octanol–water partition coefficient (Wildman–Crippen LogP) is 2.09. The van der Waals surface area contributed by atoms with Crippen LogP contribution in [0.2, 0.25) is 0 Å². The van der Waals surface area contributed by atoms with E-state index in [-0.39, 0.29) is 24.6 Å². The number of nitrogens with one attached hydrogen (secondary N) is 2. The van der Waals surface area contributed by atoms with Gasteiger partial charge in [-0.2, -0.15) is 0 Å². The van der Waals surface area contributed by atoms with Gasteiger partial charge in [-0.25, -0.2) is 0 Å². The number of aromatic nitrogens is 1. The maximum atomic E-state index is 12.4. The predicted molar refractivity (Wildman–Crippen MR) is 94.8 cm³/mol. The Morgan fingerprint density at radius 3 is 2.84 bits per heavy atom. The van der Waals surface area contributed by atoms with Crippen LogP contribution in [0, 0.1) is 13.8 Å². The second-order valence-corrected chi connectivity index (χ2v) is 5.99. The van der Waals surface area contributed by atoms with Gasteiger partial charge in [0.15, 0.2) is 0 Å². The lowest BCUT2D eigenvalue weighted by molar-refractivity contribution is -0.117. The minimum Gasteiger partial charge on any atom is -0.497 e. The maximum Gasteiger partial charge on any atom is 0.253 e. The van der Waals surface area contributed by atoms with Crippen LogP contribution in [0.15, 0.2) is 34.6 Å². The number of carbonyl (C=O) groups excluding carboxylic acids is 1. The van der Waals surface area contributed by atoms with Crippen molar-refractivity contribution in [1.29, 1.82) is 0 Å². The molecule has 0 saturated heterocycles. The van der Waals surface area contributed by atoms with E-state index >= 15 is 0 Å². The molecule has 1 aliphatic heterocycles. The molecule has 0 radical (unpaired) electrons. The number of amides is 1. The third-order valence-electron chi connectivity index (χ3n) is 4.14. The number of hydrogen-bond donors (Lipinski definition) is 2. The summed E-state index contributed by atoms with van der Waals surface area (Å²) in [6.45, 7) is 4.03. The van der Waals surface area contributed by atoms with E-state index in [1.807, 2.05) is 32.0 Å².